The number of alkyl halides is 3. The van der Waals surface area contributed by atoms with E-state index in [1.165, 1.54) is 12.1 Å². The Bertz CT molecular complexity index is 1320. The van der Waals surface area contributed by atoms with Gasteiger partial charge in [-0.05, 0) is 30.7 Å². The molecule has 8 heteroatoms. The quantitative estimate of drug-likeness (QED) is 0.394. The Morgan fingerprint density at radius 3 is 2.38 bits per heavy atom. The van der Waals surface area contributed by atoms with Gasteiger partial charge in [-0.25, -0.2) is 0 Å². The molecule has 0 radical (unpaired) electrons. The highest BCUT2D eigenvalue weighted by Crippen LogP contribution is 2.32. The van der Waals surface area contributed by atoms with Gasteiger partial charge in [0.15, 0.2) is 5.58 Å². The molecule has 0 saturated carbocycles. The molecule has 1 fully saturated rings. The third-order valence-electron chi connectivity index (χ3n) is 6.22. The Labute approximate surface area is 195 Å². The van der Waals surface area contributed by atoms with Crippen LogP contribution in [0.15, 0.2) is 71.1 Å². The Morgan fingerprint density at radius 2 is 1.68 bits per heavy atom. The third-order valence-corrected chi connectivity index (χ3v) is 6.22. The first kappa shape index (κ1) is 22.1. The van der Waals surface area contributed by atoms with Crippen molar-refractivity contribution in [1.29, 1.82) is 0 Å². The van der Waals surface area contributed by atoms with E-state index in [4.69, 9.17) is 4.42 Å². The second-order valence-corrected chi connectivity index (χ2v) is 8.54. The molecular weight excluding hydrogens is 443 g/mol. The van der Waals surface area contributed by atoms with Crippen molar-refractivity contribution in [2.24, 2.45) is 0 Å². The lowest BCUT2D eigenvalue weighted by Crippen LogP contribution is -2.49. The van der Waals surface area contributed by atoms with Crippen molar-refractivity contribution in [1.82, 2.24) is 9.47 Å². The van der Waals surface area contributed by atoms with Gasteiger partial charge in [0.2, 0.25) is 0 Å². The van der Waals surface area contributed by atoms with Crippen molar-refractivity contribution < 1.29 is 22.4 Å². The van der Waals surface area contributed by atoms with Crippen LogP contribution in [0.1, 0.15) is 27.4 Å². The average Bonchev–Trinajstić information content (AvgIpc) is 3.35. The maximum Gasteiger partial charge on any atom is 0.416 e. The number of carbonyl (C=O) groups is 1. The molecule has 176 valence electrons. The molecule has 3 heterocycles. The number of fused-ring (bicyclic) bond motifs is 1. The van der Waals surface area contributed by atoms with Crippen molar-refractivity contribution in [2.75, 3.05) is 31.1 Å². The molecule has 0 N–H and O–H groups in total. The van der Waals surface area contributed by atoms with Gasteiger partial charge < -0.3 is 18.8 Å². The molecule has 1 amide bonds. The highest BCUT2D eigenvalue weighted by atomic mass is 19.4. The first-order chi connectivity index (χ1) is 16.3. The van der Waals surface area contributed by atoms with Gasteiger partial charge in [-0.3, -0.25) is 4.79 Å². The number of halogens is 3. The van der Waals surface area contributed by atoms with Crippen LogP contribution in [0.5, 0.6) is 0 Å². The normalized spacial score (nSPS) is 14.7. The first-order valence-corrected chi connectivity index (χ1v) is 11.1. The number of benzene rings is 2. The predicted octanol–water partition coefficient (Wildman–Crippen LogP) is 5.57. The van der Waals surface area contributed by atoms with E-state index < -0.39 is 11.7 Å². The van der Waals surface area contributed by atoms with Crippen molar-refractivity contribution in [2.45, 2.75) is 19.6 Å². The summed E-state index contributed by atoms with van der Waals surface area (Å²) in [5, 5.41) is 0. The minimum Gasteiger partial charge on any atom is -0.460 e. The predicted molar refractivity (Wildman–Crippen MR) is 124 cm³/mol. The summed E-state index contributed by atoms with van der Waals surface area (Å²) < 4.78 is 47.0. The van der Waals surface area contributed by atoms with Gasteiger partial charge in [0.25, 0.3) is 5.91 Å². The van der Waals surface area contributed by atoms with Crippen LogP contribution in [0, 0.1) is 6.92 Å². The molecule has 0 unspecified atom stereocenters. The van der Waals surface area contributed by atoms with Gasteiger partial charge in [0.05, 0.1) is 11.1 Å². The summed E-state index contributed by atoms with van der Waals surface area (Å²) in [5.41, 5.74) is 3.00. The topological polar surface area (TPSA) is 41.6 Å². The van der Waals surface area contributed by atoms with Crippen LogP contribution in [0.25, 0.3) is 11.1 Å². The minimum absolute atomic E-state index is 0.108. The molecule has 34 heavy (non-hydrogen) atoms. The van der Waals surface area contributed by atoms with E-state index in [1.807, 2.05) is 52.8 Å². The van der Waals surface area contributed by atoms with E-state index in [0.717, 1.165) is 22.9 Å². The molecule has 1 aliphatic rings. The third kappa shape index (κ3) is 4.27. The van der Waals surface area contributed by atoms with Crippen LogP contribution >= 0.6 is 0 Å². The van der Waals surface area contributed by atoms with Crippen LogP contribution in [0.3, 0.4) is 0 Å². The lowest BCUT2D eigenvalue weighted by Gasteiger charge is -2.36. The molecule has 2 aromatic heterocycles. The average molecular weight is 467 g/mol. The summed E-state index contributed by atoms with van der Waals surface area (Å²) in [4.78, 5) is 17.1. The maximum absolute atomic E-state index is 13.5. The van der Waals surface area contributed by atoms with E-state index in [-0.39, 0.29) is 5.91 Å². The molecular formula is C26H24F3N3O2. The Kier molecular flexibility index (Phi) is 5.59. The second-order valence-electron chi connectivity index (χ2n) is 8.54. The molecule has 1 saturated heterocycles. The fourth-order valence-electron chi connectivity index (χ4n) is 4.49. The summed E-state index contributed by atoms with van der Waals surface area (Å²) in [5.74, 6) is 0.671. The molecule has 0 atom stereocenters. The first-order valence-electron chi connectivity index (χ1n) is 11.1. The van der Waals surface area contributed by atoms with Crippen molar-refractivity contribution in [3.8, 4) is 0 Å². The number of anilines is 1. The number of hydrogen-bond acceptors (Lipinski definition) is 3. The zero-order chi connectivity index (χ0) is 23.9. The van der Waals surface area contributed by atoms with Crippen LogP contribution in [-0.2, 0) is 12.7 Å². The van der Waals surface area contributed by atoms with Gasteiger partial charge in [-0.15, -0.1) is 0 Å². The Balaban J connectivity index is 1.35. The maximum atomic E-state index is 13.5. The molecule has 4 aromatic rings. The Morgan fingerprint density at radius 1 is 0.941 bits per heavy atom. The molecule has 5 rings (SSSR count). The number of nitrogens with zero attached hydrogens (tertiary/aromatic N) is 3. The van der Waals surface area contributed by atoms with Crippen LogP contribution in [-0.4, -0.2) is 41.6 Å². The van der Waals surface area contributed by atoms with E-state index in [0.29, 0.717) is 49.7 Å². The lowest BCUT2D eigenvalue weighted by molar-refractivity contribution is -0.137. The number of rotatable bonds is 4. The van der Waals surface area contributed by atoms with Crippen molar-refractivity contribution in [3.05, 3.63) is 89.3 Å². The summed E-state index contributed by atoms with van der Waals surface area (Å²) in [6.45, 7) is 4.18. The standard InChI is InChI=1S/C26H24F3N3O2/c1-18-14-22-24(34-18)16-23(32(22)17-19-6-3-2-4-7-19)25(33)31-12-10-30(11-13-31)21-9-5-8-20(15-21)26(27,28)29/h2-9,14-16H,10-13,17H2,1H3. The SMILES string of the molecule is Cc1cc2c(cc(C(=O)N3CCN(c4cccc(C(F)(F)F)c4)CC3)n2Cc2ccccc2)o1. The van der Waals surface area contributed by atoms with Gasteiger partial charge in [0, 0.05) is 50.5 Å². The van der Waals surface area contributed by atoms with Gasteiger partial charge >= 0.3 is 6.18 Å². The molecule has 0 bridgehead atoms. The fourth-order valence-corrected chi connectivity index (χ4v) is 4.49. The number of furan rings is 1. The van der Waals surface area contributed by atoms with Gasteiger partial charge in [0.1, 0.15) is 11.5 Å². The lowest BCUT2D eigenvalue weighted by atomic mass is 10.1. The van der Waals surface area contributed by atoms with E-state index in [2.05, 4.69) is 0 Å². The second kappa shape index (κ2) is 8.59. The largest absolute Gasteiger partial charge is 0.460 e. The minimum atomic E-state index is -4.38. The smallest absolute Gasteiger partial charge is 0.416 e. The zero-order valence-electron chi connectivity index (χ0n) is 18.7. The highest BCUT2D eigenvalue weighted by Gasteiger charge is 2.32. The van der Waals surface area contributed by atoms with Crippen LogP contribution in [0.4, 0.5) is 18.9 Å². The monoisotopic (exact) mass is 467 g/mol. The zero-order valence-corrected chi connectivity index (χ0v) is 18.7. The summed E-state index contributed by atoms with van der Waals surface area (Å²) in [6.07, 6.45) is -4.38. The number of aromatic nitrogens is 1. The van der Waals surface area contributed by atoms with Crippen molar-refractivity contribution >= 4 is 22.7 Å². The van der Waals surface area contributed by atoms with Crippen LogP contribution in [0.2, 0.25) is 0 Å². The van der Waals surface area contributed by atoms with E-state index in [9.17, 15) is 18.0 Å². The van der Waals surface area contributed by atoms with Gasteiger partial charge in [-0.2, -0.15) is 13.2 Å². The number of carbonyl (C=O) groups excluding carboxylic acids is 1. The fraction of sp³-hybridized carbons (Fsp3) is 0.269. The van der Waals surface area contributed by atoms with Crippen molar-refractivity contribution in [3.63, 3.8) is 0 Å². The summed E-state index contributed by atoms with van der Waals surface area (Å²) in [6, 6.07) is 19.0. The Hall–Kier alpha value is -3.68. The molecule has 5 nitrogen and oxygen atoms in total. The number of aryl methyl sites for hydroxylation is 1. The molecule has 0 aliphatic carbocycles. The van der Waals surface area contributed by atoms with E-state index in [1.54, 1.807) is 17.0 Å². The number of amides is 1. The van der Waals surface area contributed by atoms with E-state index >= 15 is 0 Å². The number of hydrogen-bond donors (Lipinski definition) is 0. The summed E-state index contributed by atoms with van der Waals surface area (Å²) in [7, 11) is 0. The number of piperazine rings is 1. The molecule has 2 aromatic carbocycles. The molecule has 0 spiro atoms. The van der Waals surface area contributed by atoms with Crippen LogP contribution < -0.4 is 4.90 Å². The van der Waals surface area contributed by atoms with Gasteiger partial charge in [-0.1, -0.05) is 36.4 Å². The highest BCUT2D eigenvalue weighted by molar-refractivity contribution is 5.98. The summed E-state index contributed by atoms with van der Waals surface area (Å²) >= 11 is 0. The molecule has 1 aliphatic heterocycles.